The third-order valence-electron chi connectivity index (χ3n) is 2.43. The fourth-order valence-electron chi connectivity index (χ4n) is 1.52. The summed E-state index contributed by atoms with van der Waals surface area (Å²) < 4.78 is 6.18. The molecule has 1 aromatic rings. The van der Waals surface area contributed by atoms with Crippen LogP contribution in [0.1, 0.15) is 18.4 Å². The van der Waals surface area contributed by atoms with Crippen LogP contribution in [-0.2, 0) is 16.0 Å². The second kappa shape index (κ2) is 6.66. The van der Waals surface area contributed by atoms with Gasteiger partial charge in [-0.15, -0.1) is 0 Å². The molecule has 1 atom stereocenters. The molecule has 0 saturated carbocycles. The summed E-state index contributed by atoms with van der Waals surface area (Å²) >= 11 is 3.46. The minimum atomic E-state index is -0.820. The zero-order valence-corrected chi connectivity index (χ0v) is 10.7. The summed E-state index contributed by atoms with van der Waals surface area (Å²) in [6, 6.07) is 7.93. The number of carbonyl (C=O) groups is 1. The third-order valence-corrected chi connectivity index (χ3v) is 3.20. The largest absolute Gasteiger partial charge is 0.481 e. The number of halogens is 1. The minimum absolute atomic E-state index is 0.0565. The van der Waals surface area contributed by atoms with E-state index in [0.29, 0.717) is 6.42 Å². The highest BCUT2D eigenvalue weighted by molar-refractivity contribution is 9.10. The molecule has 0 aliphatic carbocycles. The molecule has 0 fully saturated rings. The molecule has 0 spiro atoms. The minimum Gasteiger partial charge on any atom is -0.481 e. The van der Waals surface area contributed by atoms with Crippen molar-refractivity contribution in [2.75, 3.05) is 7.11 Å². The molecule has 1 rings (SSSR count). The molecule has 1 aromatic carbocycles. The maximum Gasteiger partial charge on any atom is 0.305 e. The second-order valence-electron chi connectivity index (χ2n) is 3.59. The summed E-state index contributed by atoms with van der Waals surface area (Å²) in [5.41, 5.74) is 1.18. The molecule has 1 N–H and O–H groups in total. The van der Waals surface area contributed by atoms with Gasteiger partial charge in [0.1, 0.15) is 0 Å². The van der Waals surface area contributed by atoms with Crippen LogP contribution in [0.15, 0.2) is 28.7 Å². The summed E-state index contributed by atoms with van der Waals surface area (Å²) in [6.45, 7) is 0. The standard InChI is InChI=1S/C12H15BrO3/c1-16-10(8-12(14)15)7-6-9-4-2-3-5-11(9)13/h2-5,10H,6-8H2,1H3,(H,14,15). The Bertz CT molecular complexity index is 352. The quantitative estimate of drug-likeness (QED) is 0.875. The molecule has 4 heteroatoms. The van der Waals surface area contributed by atoms with Crippen LogP contribution < -0.4 is 0 Å². The smallest absolute Gasteiger partial charge is 0.305 e. The Labute approximate surface area is 104 Å². The number of carboxylic acid groups (broad SMARTS) is 1. The second-order valence-corrected chi connectivity index (χ2v) is 4.44. The normalized spacial score (nSPS) is 12.4. The molecule has 16 heavy (non-hydrogen) atoms. The zero-order valence-electron chi connectivity index (χ0n) is 9.15. The number of aliphatic carboxylic acids is 1. The molecule has 0 radical (unpaired) electrons. The average molecular weight is 287 g/mol. The molecule has 0 saturated heterocycles. The number of hydrogen-bond donors (Lipinski definition) is 1. The van der Waals surface area contributed by atoms with E-state index in [1.54, 1.807) is 7.11 Å². The first-order chi connectivity index (χ1) is 7.63. The SMILES string of the molecule is COC(CCc1ccccc1Br)CC(=O)O. The van der Waals surface area contributed by atoms with Crippen LogP contribution in [0.3, 0.4) is 0 Å². The number of aryl methyl sites for hydroxylation is 1. The van der Waals surface area contributed by atoms with Crippen molar-refractivity contribution in [3.63, 3.8) is 0 Å². The molecular weight excluding hydrogens is 272 g/mol. The number of rotatable bonds is 6. The van der Waals surface area contributed by atoms with Crippen LogP contribution in [0.5, 0.6) is 0 Å². The maximum absolute atomic E-state index is 10.6. The average Bonchev–Trinajstić information content (AvgIpc) is 2.25. The lowest BCUT2D eigenvalue weighted by Gasteiger charge is -2.13. The Balaban J connectivity index is 2.49. The van der Waals surface area contributed by atoms with Crippen molar-refractivity contribution >= 4 is 21.9 Å². The van der Waals surface area contributed by atoms with E-state index in [1.165, 1.54) is 5.56 Å². The van der Waals surface area contributed by atoms with E-state index in [9.17, 15) is 4.79 Å². The molecule has 0 amide bonds. The van der Waals surface area contributed by atoms with Gasteiger partial charge in [-0.25, -0.2) is 0 Å². The van der Waals surface area contributed by atoms with Crippen LogP contribution in [0, 0.1) is 0 Å². The molecule has 88 valence electrons. The van der Waals surface area contributed by atoms with E-state index < -0.39 is 5.97 Å². The predicted octanol–water partition coefficient (Wildman–Crippen LogP) is 2.87. The van der Waals surface area contributed by atoms with Crippen molar-refractivity contribution in [3.05, 3.63) is 34.3 Å². The molecule has 1 unspecified atom stereocenters. The van der Waals surface area contributed by atoms with E-state index >= 15 is 0 Å². The van der Waals surface area contributed by atoms with E-state index in [4.69, 9.17) is 9.84 Å². The molecule has 0 aliphatic heterocycles. The van der Waals surface area contributed by atoms with Gasteiger partial charge in [0.15, 0.2) is 0 Å². The van der Waals surface area contributed by atoms with Crippen molar-refractivity contribution in [3.8, 4) is 0 Å². The van der Waals surface area contributed by atoms with Crippen LogP contribution in [0.2, 0.25) is 0 Å². The van der Waals surface area contributed by atoms with Crippen LogP contribution in [0.25, 0.3) is 0 Å². The van der Waals surface area contributed by atoms with Gasteiger partial charge < -0.3 is 9.84 Å². The molecule has 0 aliphatic rings. The van der Waals surface area contributed by atoms with Gasteiger partial charge in [0.25, 0.3) is 0 Å². The molecular formula is C12H15BrO3. The lowest BCUT2D eigenvalue weighted by Crippen LogP contribution is -2.16. The van der Waals surface area contributed by atoms with Gasteiger partial charge in [0.2, 0.25) is 0 Å². The zero-order chi connectivity index (χ0) is 12.0. The highest BCUT2D eigenvalue weighted by Crippen LogP contribution is 2.19. The number of ether oxygens (including phenoxy) is 1. The summed E-state index contributed by atoms with van der Waals surface area (Å²) in [5.74, 6) is -0.820. The van der Waals surface area contributed by atoms with E-state index in [1.807, 2.05) is 24.3 Å². The van der Waals surface area contributed by atoms with E-state index in [2.05, 4.69) is 15.9 Å². The Morgan fingerprint density at radius 1 is 1.50 bits per heavy atom. The first-order valence-electron chi connectivity index (χ1n) is 5.11. The van der Waals surface area contributed by atoms with E-state index in [-0.39, 0.29) is 12.5 Å². The first kappa shape index (κ1) is 13.2. The Hall–Kier alpha value is -0.870. The third kappa shape index (κ3) is 4.33. The summed E-state index contributed by atoms with van der Waals surface area (Å²) in [7, 11) is 1.55. The van der Waals surface area contributed by atoms with E-state index in [0.717, 1.165) is 10.9 Å². The van der Waals surface area contributed by atoms with Gasteiger partial charge in [-0.1, -0.05) is 34.1 Å². The van der Waals surface area contributed by atoms with Gasteiger partial charge >= 0.3 is 5.97 Å². The van der Waals surface area contributed by atoms with Gasteiger partial charge in [-0.05, 0) is 24.5 Å². The fraction of sp³-hybridized carbons (Fsp3) is 0.417. The van der Waals surface area contributed by atoms with Gasteiger partial charge in [-0.3, -0.25) is 4.79 Å². The molecule has 0 aromatic heterocycles. The van der Waals surface area contributed by atoms with Crippen molar-refractivity contribution in [1.82, 2.24) is 0 Å². The molecule has 3 nitrogen and oxygen atoms in total. The molecule has 0 bridgehead atoms. The van der Waals surface area contributed by atoms with Crippen LogP contribution >= 0.6 is 15.9 Å². The lowest BCUT2D eigenvalue weighted by molar-refractivity contribution is -0.139. The maximum atomic E-state index is 10.6. The number of carboxylic acids is 1. The van der Waals surface area contributed by atoms with Crippen LogP contribution in [-0.4, -0.2) is 24.3 Å². The van der Waals surface area contributed by atoms with Gasteiger partial charge in [0, 0.05) is 11.6 Å². The van der Waals surface area contributed by atoms with Crippen LogP contribution in [0.4, 0.5) is 0 Å². The number of methoxy groups -OCH3 is 1. The summed E-state index contributed by atoms with van der Waals surface area (Å²) in [4.78, 5) is 10.6. The highest BCUT2D eigenvalue weighted by Gasteiger charge is 2.12. The van der Waals surface area contributed by atoms with Gasteiger partial charge in [-0.2, -0.15) is 0 Å². The number of benzene rings is 1. The Morgan fingerprint density at radius 3 is 2.75 bits per heavy atom. The first-order valence-corrected chi connectivity index (χ1v) is 5.90. The topological polar surface area (TPSA) is 46.5 Å². The van der Waals surface area contributed by atoms with Crippen molar-refractivity contribution in [1.29, 1.82) is 0 Å². The van der Waals surface area contributed by atoms with Crippen molar-refractivity contribution < 1.29 is 14.6 Å². The van der Waals surface area contributed by atoms with Gasteiger partial charge in [0.05, 0.1) is 12.5 Å². The Kier molecular flexibility index (Phi) is 5.49. The summed E-state index contributed by atoms with van der Waals surface area (Å²) in [5, 5.41) is 8.68. The number of hydrogen-bond acceptors (Lipinski definition) is 2. The van der Waals surface area contributed by atoms with Crippen molar-refractivity contribution in [2.24, 2.45) is 0 Å². The van der Waals surface area contributed by atoms with Crippen molar-refractivity contribution in [2.45, 2.75) is 25.4 Å². The lowest BCUT2D eigenvalue weighted by atomic mass is 10.1. The summed E-state index contributed by atoms with van der Waals surface area (Å²) in [6.07, 6.45) is 1.36. The fourth-order valence-corrected chi connectivity index (χ4v) is 2.00. The monoisotopic (exact) mass is 286 g/mol. The molecule has 0 heterocycles. The Morgan fingerprint density at radius 2 is 2.19 bits per heavy atom. The highest BCUT2D eigenvalue weighted by atomic mass is 79.9. The predicted molar refractivity (Wildman–Crippen MR) is 65.5 cm³/mol.